The number of nitriles is 1. The lowest BCUT2D eigenvalue weighted by Gasteiger charge is -2.26. The van der Waals surface area contributed by atoms with Gasteiger partial charge in [0.05, 0.1) is 6.07 Å². The van der Waals surface area contributed by atoms with Crippen molar-refractivity contribution < 1.29 is 9.18 Å². The average Bonchev–Trinajstić information content (AvgIpc) is 3.13. The van der Waals surface area contributed by atoms with E-state index in [0.717, 1.165) is 17.1 Å². The molecule has 0 aromatic heterocycles. The first kappa shape index (κ1) is 15.1. The number of carbonyl (C=O) groups excluding carboxylic acids is 1. The molecule has 1 saturated carbocycles. The molecule has 3 rings (SSSR count). The second-order valence-corrected chi connectivity index (χ2v) is 6.87. The Hall–Kier alpha value is -1.80. The van der Waals surface area contributed by atoms with Gasteiger partial charge in [-0.15, -0.1) is 11.8 Å². The van der Waals surface area contributed by atoms with Gasteiger partial charge in [0.2, 0.25) is 5.91 Å². The van der Waals surface area contributed by atoms with Crippen molar-refractivity contribution in [3.8, 4) is 6.07 Å². The van der Waals surface area contributed by atoms with Crippen LogP contribution in [0.25, 0.3) is 0 Å². The molecule has 1 aromatic carbocycles. The number of allylic oxidation sites excluding steroid dienone is 2. The number of amides is 1. The van der Waals surface area contributed by atoms with Crippen molar-refractivity contribution in [3.05, 3.63) is 42.2 Å². The van der Waals surface area contributed by atoms with Gasteiger partial charge in [0.15, 0.2) is 0 Å². The molecule has 114 valence electrons. The maximum atomic E-state index is 12.9. The van der Waals surface area contributed by atoms with Crippen LogP contribution in [-0.4, -0.2) is 18.2 Å². The Bertz CT molecular complexity index is 623. The minimum absolute atomic E-state index is 0.0110. The number of nitrogens with zero attached hydrogens (tertiary/aromatic N) is 1. The molecule has 2 aliphatic carbocycles. The van der Waals surface area contributed by atoms with Crippen LogP contribution in [0, 0.1) is 40.8 Å². The Morgan fingerprint density at radius 3 is 2.77 bits per heavy atom. The number of benzene rings is 1. The van der Waals surface area contributed by atoms with Gasteiger partial charge in [-0.3, -0.25) is 4.79 Å². The van der Waals surface area contributed by atoms with Gasteiger partial charge in [-0.25, -0.2) is 4.39 Å². The number of rotatable bonds is 5. The molecule has 4 atom stereocenters. The molecule has 1 amide bonds. The summed E-state index contributed by atoms with van der Waals surface area (Å²) in [5.74, 6) is 1.56. The summed E-state index contributed by atoms with van der Waals surface area (Å²) in [6.07, 6.45) is 5.38. The van der Waals surface area contributed by atoms with E-state index in [1.54, 1.807) is 23.9 Å². The molecule has 2 bridgehead atoms. The zero-order valence-corrected chi connectivity index (χ0v) is 12.9. The van der Waals surface area contributed by atoms with E-state index in [4.69, 9.17) is 5.26 Å². The van der Waals surface area contributed by atoms with Crippen LogP contribution in [0.3, 0.4) is 0 Å². The molecule has 0 spiro atoms. The predicted octanol–water partition coefficient (Wildman–Crippen LogP) is 3.00. The number of nitrogens with one attached hydrogen (secondary N) is 1. The first-order valence-corrected chi connectivity index (χ1v) is 8.39. The molecule has 1 fully saturated rings. The van der Waals surface area contributed by atoms with E-state index in [2.05, 4.69) is 17.5 Å². The summed E-state index contributed by atoms with van der Waals surface area (Å²) in [6.45, 7) is 0.0637. The molecule has 1 aromatic rings. The van der Waals surface area contributed by atoms with Gasteiger partial charge in [0, 0.05) is 16.6 Å². The first-order chi connectivity index (χ1) is 10.7. The van der Waals surface area contributed by atoms with Crippen LogP contribution in [0.15, 0.2) is 41.3 Å². The molecule has 0 saturated heterocycles. The predicted molar refractivity (Wildman–Crippen MR) is 83.5 cm³/mol. The Morgan fingerprint density at radius 1 is 1.32 bits per heavy atom. The van der Waals surface area contributed by atoms with Gasteiger partial charge in [-0.1, -0.05) is 12.2 Å². The van der Waals surface area contributed by atoms with E-state index < -0.39 is 0 Å². The van der Waals surface area contributed by atoms with Crippen molar-refractivity contribution in [2.24, 2.45) is 23.7 Å². The van der Waals surface area contributed by atoms with E-state index in [1.807, 2.05) is 6.07 Å². The summed E-state index contributed by atoms with van der Waals surface area (Å²) < 4.78 is 12.9. The van der Waals surface area contributed by atoms with Crippen LogP contribution in [0.1, 0.15) is 6.42 Å². The van der Waals surface area contributed by atoms with E-state index >= 15 is 0 Å². The lowest BCUT2D eigenvalue weighted by molar-refractivity contribution is -0.126. The normalized spacial score (nSPS) is 28.5. The standard InChI is InChI=1S/C17H17FN2OS/c18-13-3-5-14(6-4-13)22-10-15-11-1-2-12(9-11)16(15)17(21)20-8-7-19/h1-6,11-12,15-16H,8-10H2,(H,20,21)/t11-,12?,15?,16-/m0/s1. The quantitative estimate of drug-likeness (QED) is 0.516. The van der Waals surface area contributed by atoms with Crippen LogP contribution in [-0.2, 0) is 4.79 Å². The fourth-order valence-electron chi connectivity index (χ4n) is 3.51. The molecule has 0 radical (unpaired) electrons. The summed E-state index contributed by atoms with van der Waals surface area (Å²) in [7, 11) is 0. The van der Waals surface area contributed by atoms with Crippen LogP contribution in [0.4, 0.5) is 4.39 Å². The maximum absolute atomic E-state index is 12.9. The summed E-state index contributed by atoms with van der Waals surface area (Å²) >= 11 is 1.67. The number of thioether (sulfide) groups is 1. The van der Waals surface area contributed by atoms with Gasteiger partial charge < -0.3 is 5.32 Å². The van der Waals surface area contributed by atoms with Gasteiger partial charge >= 0.3 is 0 Å². The number of hydrogen-bond donors (Lipinski definition) is 1. The van der Waals surface area contributed by atoms with Crippen molar-refractivity contribution >= 4 is 17.7 Å². The average molecular weight is 316 g/mol. The van der Waals surface area contributed by atoms with E-state index in [1.165, 1.54) is 12.1 Å². The third-order valence-electron chi connectivity index (χ3n) is 4.52. The van der Waals surface area contributed by atoms with Crippen molar-refractivity contribution in [2.45, 2.75) is 11.3 Å². The summed E-state index contributed by atoms with van der Waals surface area (Å²) in [5.41, 5.74) is 0. The Labute approximate surface area is 133 Å². The molecular weight excluding hydrogens is 299 g/mol. The lowest BCUT2D eigenvalue weighted by Crippen LogP contribution is -2.38. The van der Waals surface area contributed by atoms with E-state index in [0.29, 0.717) is 11.8 Å². The highest BCUT2D eigenvalue weighted by molar-refractivity contribution is 7.99. The fraction of sp³-hybridized carbons (Fsp3) is 0.412. The Morgan fingerprint density at radius 2 is 2.05 bits per heavy atom. The lowest BCUT2D eigenvalue weighted by atomic mass is 9.83. The first-order valence-electron chi connectivity index (χ1n) is 7.40. The molecule has 3 nitrogen and oxygen atoms in total. The highest BCUT2D eigenvalue weighted by atomic mass is 32.2. The van der Waals surface area contributed by atoms with Gasteiger partial charge in [-0.05, 0) is 48.4 Å². The van der Waals surface area contributed by atoms with Gasteiger partial charge in [0.25, 0.3) is 0 Å². The van der Waals surface area contributed by atoms with Crippen LogP contribution in [0.5, 0.6) is 0 Å². The number of carbonyl (C=O) groups is 1. The SMILES string of the molecule is N#CCNC(=O)[C@H]1C2C=C[C@@H](C2)C1CSc1ccc(F)cc1. The third kappa shape index (κ3) is 3.02. The van der Waals surface area contributed by atoms with E-state index in [-0.39, 0.29) is 30.1 Å². The fourth-order valence-corrected chi connectivity index (χ4v) is 4.68. The Balaban J connectivity index is 1.65. The number of halogens is 1. The topological polar surface area (TPSA) is 52.9 Å². The second-order valence-electron chi connectivity index (χ2n) is 5.78. The largest absolute Gasteiger partial charge is 0.343 e. The van der Waals surface area contributed by atoms with Crippen molar-refractivity contribution in [3.63, 3.8) is 0 Å². The van der Waals surface area contributed by atoms with Crippen molar-refractivity contribution in [2.75, 3.05) is 12.3 Å². The number of fused-ring (bicyclic) bond motifs is 2. The minimum Gasteiger partial charge on any atom is -0.343 e. The number of hydrogen-bond acceptors (Lipinski definition) is 3. The molecule has 0 aliphatic heterocycles. The monoisotopic (exact) mass is 316 g/mol. The van der Waals surface area contributed by atoms with Crippen LogP contribution < -0.4 is 5.32 Å². The zero-order valence-electron chi connectivity index (χ0n) is 12.0. The van der Waals surface area contributed by atoms with Gasteiger partial charge in [0.1, 0.15) is 12.4 Å². The highest BCUT2D eigenvalue weighted by Crippen LogP contribution is 2.49. The summed E-state index contributed by atoms with van der Waals surface area (Å²) in [4.78, 5) is 13.3. The smallest absolute Gasteiger partial charge is 0.224 e. The van der Waals surface area contributed by atoms with Crippen LogP contribution in [0.2, 0.25) is 0 Å². The van der Waals surface area contributed by atoms with E-state index in [9.17, 15) is 9.18 Å². The maximum Gasteiger partial charge on any atom is 0.224 e. The van der Waals surface area contributed by atoms with Crippen molar-refractivity contribution in [1.29, 1.82) is 5.26 Å². The molecule has 5 heteroatoms. The molecule has 1 N–H and O–H groups in total. The molecule has 0 heterocycles. The molecule has 2 unspecified atom stereocenters. The highest BCUT2D eigenvalue weighted by Gasteiger charge is 2.47. The van der Waals surface area contributed by atoms with Crippen molar-refractivity contribution in [1.82, 2.24) is 5.32 Å². The third-order valence-corrected chi connectivity index (χ3v) is 5.68. The van der Waals surface area contributed by atoms with Crippen LogP contribution >= 0.6 is 11.8 Å². The Kier molecular flexibility index (Phi) is 4.49. The van der Waals surface area contributed by atoms with Gasteiger partial charge in [-0.2, -0.15) is 5.26 Å². The summed E-state index contributed by atoms with van der Waals surface area (Å²) in [6, 6.07) is 8.41. The molecule has 22 heavy (non-hydrogen) atoms. The minimum atomic E-state index is -0.235. The zero-order chi connectivity index (χ0) is 15.5. The summed E-state index contributed by atoms with van der Waals surface area (Å²) in [5, 5.41) is 11.3. The molecule has 2 aliphatic rings. The second kappa shape index (κ2) is 6.53. The molecular formula is C17H17FN2OS.